The molecule has 0 aliphatic carbocycles. The number of benzene rings is 1. The third-order valence-corrected chi connectivity index (χ3v) is 2.00. The third-order valence-electron chi connectivity index (χ3n) is 1.76. The predicted molar refractivity (Wildman–Crippen MR) is 61.0 cm³/mol. The molecule has 1 rings (SSSR count). The van der Waals surface area contributed by atoms with Gasteiger partial charge in [0.15, 0.2) is 0 Å². The minimum absolute atomic E-state index is 0.0242. The standard InChI is InChI=1S/C10H12F2N2S/c1-5(2)14-9-7(11)3-6(10(13)15)4-8(9)12/h3-5,14H,1-2H3,(H2,13,15). The molecule has 0 atom stereocenters. The van der Waals surface area contributed by atoms with Crippen molar-refractivity contribution >= 4 is 22.9 Å². The Morgan fingerprint density at radius 3 is 2.13 bits per heavy atom. The molecule has 0 radical (unpaired) electrons. The van der Waals surface area contributed by atoms with Gasteiger partial charge in [0.2, 0.25) is 0 Å². The number of nitrogens with two attached hydrogens (primary N) is 1. The fraction of sp³-hybridized carbons (Fsp3) is 0.300. The minimum atomic E-state index is -0.688. The van der Waals surface area contributed by atoms with Crippen molar-refractivity contribution < 1.29 is 8.78 Å². The van der Waals surface area contributed by atoms with Gasteiger partial charge >= 0.3 is 0 Å². The average molecular weight is 230 g/mol. The second kappa shape index (κ2) is 4.53. The van der Waals surface area contributed by atoms with Crippen LogP contribution in [0.3, 0.4) is 0 Å². The summed E-state index contributed by atoms with van der Waals surface area (Å²) >= 11 is 4.64. The van der Waals surface area contributed by atoms with Crippen LogP contribution >= 0.6 is 12.2 Å². The van der Waals surface area contributed by atoms with Crippen molar-refractivity contribution in [2.75, 3.05) is 5.32 Å². The molecule has 0 aliphatic heterocycles. The van der Waals surface area contributed by atoms with Gasteiger partial charge in [0.05, 0.1) is 0 Å². The van der Waals surface area contributed by atoms with E-state index in [0.29, 0.717) is 0 Å². The summed E-state index contributed by atoms with van der Waals surface area (Å²) in [7, 11) is 0. The molecule has 0 saturated heterocycles. The first-order chi connectivity index (χ1) is 6.91. The van der Waals surface area contributed by atoms with Crippen LogP contribution in [0.15, 0.2) is 12.1 Å². The lowest BCUT2D eigenvalue weighted by Gasteiger charge is -2.12. The summed E-state index contributed by atoms with van der Waals surface area (Å²) in [6.45, 7) is 3.58. The van der Waals surface area contributed by atoms with Gasteiger partial charge in [-0.2, -0.15) is 0 Å². The highest BCUT2D eigenvalue weighted by Crippen LogP contribution is 2.21. The van der Waals surface area contributed by atoms with Crippen LogP contribution in [-0.4, -0.2) is 11.0 Å². The average Bonchev–Trinajstić information content (AvgIpc) is 2.10. The summed E-state index contributed by atoms with van der Waals surface area (Å²) in [6, 6.07) is 2.19. The van der Waals surface area contributed by atoms with E-state index in [1.54, 1.807) is 13.8 Å². The Balaban J connectivity index is 3.15. The molecular formula is C10H12F2N2S. The van der Waals surface area contributed by atoms with Gasteiger partial charge in [0, 0.05) is 11.6 Å². The molecule has 0 bridgehead atoms. The summed E-state index contributed by atoms with van der Waals surface area (Å²) in [4.78, 5) is -0.0242. The van der Waals surface area contributed by atoms with Crippen LogP contribution in [0.4, 0.5) is 14.5 Å². The van der Waals surface area contributed by atoms with E-state index < -0.39 is 11.6 Å². The monoisotopic (exact) mass is 230 g/mol. The van der Waals surface area contributed by atoms with Gasteiger partial charge in [-0.05, 0) is 26.0 Å². The zero-order valence-electron chi connectivity index (χ0n) is 8.47. The van der Waals surface area contributed by atoms with Gasteiger partial charge in [0.25, 0.3) is 0 Å². The molecule has 0 spiro atoms. The van der Waals surface area contributed by atoms with E-state index in [9.17, 15) is 8.78 Å². The molecule has 0 aromatic heterocycles. The van der Waals surface area contributed by atoms with E-state index >= 15 is 0 Å². The number of nitrogens with one attached hydrogen (secondary N) is 1. The first-order valence-electron chi connectivity index (χ1n) is 4.47. The quantitative estimate of drug-likeness (QED) is 0.783. The topological polar surface area (TPSA) is 38.0 Å². The lowest BCUT2D eigenvalue weighted by atomic mass is 10.1. The maximum atomic E-state index is 13.4. The van der Waals surface area contributed by atoms with E-state index in [1.807, 2.05) is 0 Å². The summed E-state index contributed by atoms with van der Waals surface area (Å²) in [5.74, 6) is -1.38. The molecular weight excluding hydrogens is 218 g/mol. The maximum absolute atomic E-state index is 13.4. The molecule has 5 heteroatoms. The Morgan fingerprint density at radius 1 is 1.33 bits per heavy atom. The lowest BCUT2D eigenvalue weighted by Crippen LogP contribution is -2.15. The molecule has 1 aromatic rings. The Bertz CT molecular complexity index is 368. The first kappa shape index (κ1) is 11.8. The van der Waals surface area contributed by atoms with Gasteiger partial charge in [0.1, 0.15) is 22.3 Å². The van der Waals surface area contributed by atoms with Crippen molar-refractivity contribution in [2.24, 2.45) is 5.73 Å². The highest BCUT2D eigenvalue weighted by Gasteiger charge is 2.12. The van der Waals surface area contributed by atoms with Crippen LogP contribution < -0.4 is 11.1 Å². The molecule has 82 valence electrons. The van der Waals surface area contributed by atoms with E-state index in [-0.39, 0.29) is 22.3 Å². The van der Waals surface area contributed by atoms with Crippen molar-refractivity contribution in [3.05, 3.63) is 29.3 Å². The highest BCUT2D eigenvalue weighted by atomic mass is 32.1. The fourth-order valence-corrected chi connectivity index (χ4v) is 1.26. The molecule has 1 aromatic carbocycles. The third kappa shape index (κ3) is 2.86. The van der Waals surface area contributed by atoms with E-state index in [4.69, 9.17) is 5.73 Å². The maximum Gasteiger partial charge on any atom is 0.150 e. The highest BCUT2D eigenvalue weighted by molar-refractivity contribution is 7.80. The SMILES string of the molecule is CC(C)Nc1c(F)cc(C(N)=S)cc1F. The summed E-state index contributed by atoms with van der Waals surface area (Å²) in [6.07, 6.45) is 0. The summed E-state index contributed by atoms with van der Waals surface area (Å²) < 4.78 is 26.8. The second-order valence-corrected chi connectivity index (χ2v) is 3.92. The first-order valence-corrected chi connectivity index (χ1v) is 4.88. The molecule has 0 heterocycles. The number of halogens is 2. The zero-order valence-corrected chi connectivity index (χ0v) is 9.29. The normalized spacial score (nSPS) is 10.5. The molecule has 2 nitrogen and oxygen atoms in total. The van der Waals surface area contributed by atoms with E-state index in [2.05, 4.69) is 17.5 Å². The van der Waals surface area contributed by atoms with Crippen molar-refractivity contribution in [3.63, 3.8) is 0 Å². The van der Waals surface area contributed by atoms with E-state index in [0.717, 1.165) is 12.1 Å². The fourth-order valence-electron chi connectivity index (χ4n) is 1.14. The largest absolute Gasteiger partial charge is 0.389 e. The van der Waals surface area contributed by atoms with Crippen molar-refractivity contribution in [1.82, 2.24) is 0 Å². The van der Waals surface area contributed by atoms with Crippen molar-refractivity contribution in [1.29, 1.82) is 0 Å². The molecule has 15 heavy (non-hydrogen) atoms. The van der Waals surface area contributed by atoms with Crippen molar-refractivity contribution in [3.8, 4) is 0 Å². The summed E-state index contributed by atoms with van der Waals surface area (Å²) in [5.41, 5.74) is 5.32. The predicted octanol–water partition coefficient (Wildman–Crippen LogP) is 2.42. The Kier molecular flexibility index (Phi) is 3.57. The van der Waals surface area contributed by atoms with Gasteiger partial charge in [-0.3, -0.25) is 0 Å². The number of rotatable bonds is 3. The number of anilines is 1. The zero-order chi connectivity index (χ0) is 11.6. The van der Waals surface area contributed by atoms with Gasteiger partial charge < -0.3 is 11.1 Å². The van der Waals surface area contributed by atoms with Gasteiger partial charge in [-0.15, -0.1) is 0 Å². The second-order valence-electron chi connectivity index (χ2n) is 3.48. The minimum Gasteiger partial charge on any atom is -0.389 e. The van der Waals surface area contributed by atoms with Crippen LogP contribution in [0.1, 0.15) is 19.4 Å². The van der Waals surface area contributed by atoms with Gasteiger partial charge in [-0.25, -0.2) is 8.78 Å². The Morgan fingerprint density at radius 2 is 1.80 bits per heavy atom. The van der Waals surface area contributed by atoms with Crippen LogP contribution in [0.25, 0.3) is 0 Å². The molecule has 3 N–H and O–H groups in total. The molecule has 0 saturated carbocycles. The van der Waals surface area contributed by atoms with E-state index in [1.165, 1.54) is 0 Å². The molecule has 0 unspecified atom stereocenters. The smallest absolute Gasteiger partial charge is 0.150 e. The Hall–Kier alpha value is -1.23. The molecule has 0 amide bonds. The van der Waals surface area contributed by atoms with Gasteiger partial charge in [-0.1, -0.05) is 12.2 Å². The van der Waals surface area contributed by atoms with Crippen molar-refractivity contribution in [2.45, 2.75) is 19.9 Å². The Labute approximate surface area is 92.5 Å². The number of hydrogen-bond acceptors (Lipinski definition) is 2. The number of thiocarbonyl (C=S) groups is 1. The molecule has 0 aliphatic rings. The number of hydrogen-bond donors (Lipinski definition) is 2. The van der Waals surface area contributed by atoms with Crippen LogP contribution in [-0.2, 0) is 0 Å². The summed E-state index contributed by atoms with van der Waals surface area (Å²) in [5, 5.41) is 2.67. The lowest BCUT2D eigenvalue weighted by molar-refractivity contribution is 0.584. The molecule has 0 fully saturated rings. The van der Waals surface area contributed by atoms with Crippen LogP contribution in [0.5, 0.6) is 0 Å². The van der Waals surface area contributed by atoms with Crippen LogP contribution in [0.2, 0.25) is 0 Å². The van der Waals surface area contributed by atoms with Crippen LogP contribution in [0, 0.1) is 11.6 Å².